The Kier molecular flexibility index (Phi) is 4.07. The predicted octanol–water partition coefficient (Wildman–Crippen LogP) is 3.82. The van der Waals surface area contributed by atoms with Crippen LogP contribution >= 0.6 is 22.6 Å². The Hall–Kier alpha value is -2.75. The molecule has 0 N–H and O–H groups in total. The molecule has 25 heavy (non-hydrogen) atoms. The van der Waals surface area contributed by atoms with Crippen LogP contribution in [-0.2, 0) is 6.18 Å². The van der Waals surface area contributed by atoms with Crippen LogP contribution in [0.5, 0.6) is 0 Å². The van der Waals surface area contributed by atoms with Gasteiger partial charge in [-0.05, 0) is 34.7 Å². The molecule has 0 radical (unpaired) electrons. The van der Waals surface area contributed by atoms with Gasteiger partial charge in [-0.15, -0.1) is 0 Å². The summed E-state index contributed by atoms with van der Waals surface area (Å²) >= 11 is 1.70. The first-order valence-electron chi connectivity index (χ1n) is 6.54. The molecule has 0 atom stereocenters. The van der Waals surface area contributed by atoms with Gasteiger partial charge in [0.25, 0.3) is 5.69 Å². The van der Waals surface area contributed by atoms with Gasteiger partial charge >= 0.3 is 6.18 Å². The van der Waals surface area contributed by atoms with Gasteiger partial charge in [0.05, 0.1) is 15.9 Å². The standard InChI is InChI=1S/C14H5F3IN5O2/c15-14(16,17)12-10-8(18)4-5-20-13(10)22(21-12)11-7(6-19)2-1-3-9(11)23(24)25/h1-5H. The average Bonchev–Trinajstić information content (AvgIpc) is 2.95. The van der Waals surface area contributed by atoms with Gasteiger partial charge in [-0.25, -0.2) is 9.67 Å². The van der Waals surface area contributed by atoms with Crippen molar-refractivity contribution in [3.05, 3.63) is 55.4 Å². The highest BCUT2D eigenvalue weighted by Crippen LogP contribution is 2.38. The average molecular weight is 459 g/mol. The predicted molar refractivity (Wildman–Crippen MR) is 88.0 cm³/mol. The first kappa shape index (κ1) is 17.1. The highest BCUT2D eigenvalue weighted by Gasteiger charge is 2.39. The number of rotatable bonds is 2. The third-order valence-electron chi connectivity index (χ3n) is 3.33. The van der Waals surface area contributed by atoms with Crippen molar-refractivity contribution in [1.82, 2.24) is 14.8 Å². The van der Waals surface area contributed by atoms with E-state index in [1.54, 1.807) is 28.7 Å². The van der Waals surface area contributed by atoms with Crippen LogP contribution in [0, 0.1) is 25.0 Å². The Labute approximate surface area is 151 Å². The van der Waals surface area contributed by atoms with Crippen molar-refractivity contribution >= 4 is 39.3 Å². The van der Waals surface area contributed by atoms with Crippen molar-refractivity contribution in [2.24, 2.45) is 0 Å². The summed E-state index contributed by atoms with van der Waals surface area (Å²) in [6, 6.07) is 6.73. The molecule has 0 aliphatic rings. The van der Waals surface area contributed by atoms with E-state index in [1.165, 1.54) is 24.4 Å². The summed E-state index contributed by atoms with van der Waals surface area (Å²) in [6.45, 7) is 0. The lowest BCUT2D eigenvalue weighted by Crippen LogP contribution is -2.09. The van der Waals surface area contributed by atoms with Crippen LogP contribution in [0.2, 0.25) is 0 Å². The van der Waals surface area contributed by atoms with E-state index in [0.717, 1.165) is 6.07 Å². The van der Waals surface area contributed by atoms with Crippen LogP contribution in [0.1, 0.15) is 11.3 Å². The number of halogens is 4. The molecule has 3 rings (SSSR count). The summed E-state index contributed by atoms with van der Waals surface area (Å²) in [4.78, 5) is 14.4. The zero-order chi connectivity index (χ0) is 18.4. The van der Waals surface area contributed by atoms with E-state index in [4.69, 9.17) is 0 Å². The van der Waals surface area contributed by atoms with Gasteiger partial charge in [-0.3, -0.25) is 10.1 Å². The van der Waals surface area contributed by atoms with Crippen molar-refractivity contribution in [2.75, 3.05) is 0 Å². The molecular formula is C14H5F3IN5O2. The lowest BCUT2D eigenvalue weighted by Gasteiger charge is -2.06. The minimum atomic E-state index is -4.79. The van der Waals surface area contributed by atoms with Crippen molar-refractivity contribution in [2.45, 2.75) is 6.18 Å². The normalized spacial score (nSPS) is 11.5. The first-order valence-corrected chi connectivity index (χ1v) is 7.62. The summed E-state index contributed by atoms with van der Waals surface area (Å²) in [5, 5.41) is 23.7. The van der Waals surface area contributed by atoms with E-state index < -0.39 is 22.5 Å². The molecule has 2 heterocycles. The maximum Gasteiger partial charge on any atom is 0.435 e. The number of alkyl halides is 3. The van der Waals surface area contributed by atoms with Crippen molar-refractivity contribution in [3.8, 4) is 11.8 Å². The molecule has 7 nitrogen and oxygen atoms in total. The summed E-state index contributed by atoms with van der Waals surface area (Å²) in [7, 11) is 0. The van der Waals surface area contributed by atoms with Crippen LogP contribution in [-0.4, -0.2) is 19.7 Å². The number of pyridine rings is 1. The number of aromatic nitrogens is 3. The minimum Gasteiger partial charge on any atom is -0.258 e. The van der Waals surface area contributed by atoms with Gasteiger partial charge in [0.2, 0.25) is 0 Å². The summed E-state index contributed by atoms with van der Waals surface area (Å²) in [5.74, 6) is 0. The third kappa shape index (κ3) is 2.78. The number of nitrogens with zero attached hydrogens (tertiary/aromatic N) is 5. The molecule has 3 aromatic rings. The number of nitro benzene ring substituents is 1. The summed E-state index contributed by atoms with van der Waals surface area (Å²) in [6.07, 6.45) is -3.52. The summed E-state index contributed by atoms with van der Waals surface area (Å²) in [5.41, 5.74) is -2.53. The smallest absolute Gasteiger partial charge is 0.258 e. The van der Waals surface area contributed by atoms with E-state index in [0.29, 0.717) is 4.68 Å². The largest absolute Gasteiger partial charge is 0.435 e. The molecule has 0 saturated carbocycles. The van der Waals surface area contributed by atoms with Gasteiger partial charge < -0.3 is 0 Å². The van der Waals surface area contributed by atoms with Gasteiger partial charge in [0.1, 0.15) is 6.07 Å². The summed E-state index contributed by atoms with van der Waals surface area (Å²) < 4.78 is 41.0. The molecule has 126 valence electrons. The number of para-hydroxylation sites is 1. The molecule has 0 aliphatic carbocycles. The molecule has 0 amide bonds. The number of fused-ring (bicyclic) bond motifs is 1. The van der Waals surface area contributed by atoms with Gasteiger partial charge in [-0.2, -0.15) is 23.5 Å². The van der Waals surface area contributed by atoms with E-state index in [9.17, 15) is 28.5 Å². The van der Waals surface area contributed by atoms with E-state index in [-0.39, 0.29) is 25.9 Å². The number of nitro groups is 1. The van der Waals surface area contributed by atoms with Gasteiger partial charge in [0.15, 0.2) is 17.0 Å². The second-order valence-electron chi connectivity index (χ2n) is 4.79. The number of benzene rings is 1. The molecule has 0 aliphatic heterocycles. The molecule has 1 aromatic carbocycles. The Morgan fingerprint density at radius 3 is 2.64 bits per heavy atom. The molecule has 0 bridgehead atoms. The Balaban J connectivity index is 2.50. The Morgan fingerprint density at radius 1 is 1.32 bits per heavy atom. The van der Waals surface area contributed by atoms with E-state index >= 15 is 0 Å². The molecule has 0 fully saturated rings. The fourth-order valence-electron chi connectivity index (χ4n) is 2.35. The molecule has 2 aromatic heterocycles. The van der Waals surface area contributed by atoms with Gasteiger partial charge in [0, 0.05) is 15.8 Å². The number of hydrogen-bond donors (Lipinski definition) is 0. The highest BCUT2D eigenvalue weighted by molar-refractivity contribution is 14.1. The third-order valence-corrected chi connectivity index (χ3v) is 4.23. The lowest BCUT2D eigenvalue weighted by atomic mass is 10.1. The maximum atomic E-state index is 13.4. The highest BCUT2D eigenvalue weighted by atomic mass is 127. The van der Waals surface area contributed by atoms with Crippen LogP contribution in [0.4, 0.5) is 18.9 Å². The van der Waals surface area contributed by atoms with Crippen molar-refractivity contribution < 1.29 is 18.1 Å². The zero-order valence-electron chi connectivity index (χ0n) is 12.0. The second-order valence-corrected chi connectivity index (χ2v) is 5.95. The van der Waals surface area contributed by atoms with Crippen LogP contribution in [0.25, 0.3) is 16.7 Å². The number of nitriles is 1. The van der Waals surface area contributed by atoms with Crippen LogP contribution in [0.3, 0.4) is 0 Å². The number of hydrogen-bond acceptors (Lipinski definition) is 5. The van der Waals surface area contributed by atoms with Crippen molar-refractivity contribution in [1.29, 1.82) is 5.26 Å². The fourth-order valence-corrected chi connectivity index (χ4v) is 3.01. The van der Waals surface area contributed by atoms with Gasteiger partial charge in [-0.1, -0.05) is 6.07 Å². The first-order chi connectivity index (χ1) is 11.8. The van der Waals surface area contributed by atoms with Crippen LogP contribution < -0.4 is 0 Å². The SMILES string of the molecule is N#Cc1cccc([N+](=O)[O-])c1-n1nc(C(F)(F)F)c2c(I)ccnc21. The topological polar surface area (TPSA) is 97.6 Å². The van der Waals surface area contributed by atoms with Crippen LogP contribution in [0.15, 0.2) is 30.5 Å². The fraction of sp³-hybridized carbons (Fsp3) is 0.0714. The second kappa shape index (κ2) is 5.96. The molecule has 0 unspecified atom stereocenters. The quantitative estimate of drug-likeness (QED) is 0.330. The Bertz CT molecular complexity index is 1060. The molecular weight excluding hydrogens is 454 g/mol. The Morgan fingerprint density at radius 2 is 2.04 bits per heavy atom. The van der Waals surface area contributed by atoms with E-state index in [1.807, 2.05) is 0 Å². The lowest BCUT2D eigenvalue weighted by molar-refractivity contribution is -0.384. The molecule has 11 heteroatoms. The molecule has 0 saturated heterocycles. The monoisotopic (exact) mass is 459 g/mol. The van der Waals surface area contributed by atoms with E-state index in [2.05, 4.69) is 10.1 Å². The zero-order valence-corrected chi connectivity index (χ0v) is 14.1. The van der Waals surface area contributed by atoms with Crippen molar-refractivity contribution in [3.63, 3.8) is 0 Å². The minimum absolute atomic E-state index is 0.187. The molecule has 0 spiro atoms. The maximum absolute atomic E-state index is 13.4.